The second-order valence-corrected chi connectivity index (χ2v) is 22.1. The van der Waals surface area contributed by atoms with Crippen LogP contribution >= 0.6 is 68.8 Å². The molecule has 6 heterocycles. The van der Waals surface area contributed by atoms with Gasteiger partial charge < -0.3 is 10.6 Å². The molecule has 9 aromatic rings. The number of aryl methyl sites for hydroxylation is 2. The number of aromatic nitrogens is 6. The van der Waals surface area contributed by atoms with Gasteiger partial charge in [0.15, 0.2) is 34.4 Å². The molecule has 18 nitrogen and oxygen atoms in total. The summed E-state index contributed by atoms with van der Waals surface area (Å²) >= 11 is 21.3. The predicted octanol–water partition coefficient (Wildman–Crippen LogP) is 15.8. The van der Waals surface area contributed by atoms with Gasteiger partial charge in [-0.2, -0.15) is 0 Å². The third kappa shape index (κ3) is 19.5. The Kier molecular flexibility index (Phi) is 24.3. The molecule has 410 valence electrons. The average molecular weight is 1200 g/mol. The average Bonchev–Trinajstić information content (AvgIpc) is 4.41. The number of Topliss-reactive ketones (excluding diaryl/α,β-unsaturated/α-hetero) is 3. The number of rotatable bonds is 15. The van der Waals surface area contributed by atoms with E-state index in [0.29, 0.717) is 94.6 Å². The number of ketones is 3. The maximum atomic E-state index is 12.2. The molecule has 0 atom stereocenters. The van der Waals surface area contributed by atoms with Crippen molar-refractivity contribution in [1.29, 1.82) is 0 Å². The SMILES string of the molecule is C#CCCC(=O)c1ccc(Cl)s1.CN1CCN=C1c1ccc(-n2cc(CCC(=O)c3ccc(Cl)s3)nn2)cc1.[C-]#[N+]c1ccc(-n2cc(CCC(=O)c3ccc(Cl)s3)nn2)cc1.[C-]#[N+]c1ccc(N)cc1.[C-]#[N+]c1ccc(N=[N+]=[N-])cc1. The lowest BCUT2D eigenvalue weighted by Gasteiger charge is -2.13. The van der Waals surface area contributed by atoms with Gasteiger partial charge in [-0.1, -0.05) is 98.9 Å². The summed E-state index contributed by atoms with van der Waals surface area (Å²) in [6.45, 7) is 22.0. The number of benzene rings is 4. The predicted molar refractivity (Wildman–Crippen MR) is 327 cm³/mol. The number of hydrogen-bond donors (Lipinski definition) is 1. The minimum Gasteiger partial charge on any atom is -0.399 e. The first-order valence-electron chi connectivity index (χ1n) is 24.4. The van der Waals surface area contributed by atoms with Crippen molar-refractivity contribution in [1.82, 2.24) is 34.9 Å². The summed E-state index contributed by atoms with van der Waals surface area (Å²) in [5.41, 5.74) is 20.8. The number of aliphatic imine (C=N–C) groups is 1. The summed E-state index contributed by atoms with van der Waals surface area (Å²) in [4.78, 5) is 56.6. The molecular formula is C58H46Cl3N15O3S3. The number of amidine groups is 1. The van der Waals surface area contributed by atoms with Gasteiger partial charge in [-0.25, -0.2) is 23.9 Å². The molecule has 0 spiro atoms. The van der Waals surface area contributed by atoms with Crippen molar-refractivity contribution >= 4 is 120 Å². The van der Waals surface area contributed by atoms with Crippen LogP contribution in [0.4, 0.5) is 28.4 Å². The molecule has 0 bridgehead atoms. The number of likely N-dealkylation sites (N-methyl/N-ethyl adjacent to an activating group) is 1. The van der Waals surface area contributed by atoms with E-state index in [9.17, 15) is 14.4 Å². The van der Waals surface area contributed by atoms with Crippen molar-refractivity contribution in [2.45, 2.75) is 38.5 Å². The summed E-state index contributed by atoms with van der Waals surface area (Å²) in [6.07, 6.45) is 11.4. The van der Waals surface area contributed by atoms with Crippen LogP contribution in [0.25, 0.3) is 36.4 Å². The van der Waals surface area contributed by atoms with Crippen molar-refractivity contribution < 1.29 is 14.4 Å². The highest BCUT2D eigenvalue weighted by Gasteiger charge is 2.16. The van der Waals surface area contributed by atoms with E-state index in [4.69, 9.17) is 72.2 Å². The highest BCUT2D eigenvalue weighted by atomic mass is 35.5. The monoisotopic (exact) mass is 1200 g/mol. The van der Waals surface area contributed by atoms with Crippen LogP contribution in [-0.2, 0) is 12.8 Å². The standard InChI is InChI=1S/C19H18ClN5OS.C16H11ClN4OS.C9H7ClOS.C7H4N4.C7H6N2/c1-24-11-10-21-19(24)13-2-5-15(6-3-13)25-12-14(22-23-25)4-7-16(26)17-8-9-18(20)27-17;1-18-11-2-5-13(6-3-11)21-10-12(19-20-21)4-7-14(22)15-8-9-16(17)23-15;1-2-3-4-7(11)8-5-6-9(10)12-8;1-9-6-2-4-7(5-3-6)10-11-8;1-9-7-4-2-6(8)3-5-7/h2-3,5-6,8-9,12H,4,7,10-11H2,1H3;2-3,5-6,8-10H,4,7H2;1,5-6H,3-4H2;2-5H;2-5H,8H2. The summed E-state index contributed by atoms with van der Waals surface area (Å²) in [6, 6.07) is 38.8. The smallest absolute Gasteiger partial charge is 0.187 e. The Bertz CT molecular complexity index is 3850. The molecule has 2 N–H and O–H groups in total. The summed E-state index contributed by atoms with van der Waals surface area (Å²) in [5, 5.41) is 19.9. The molecule has 0 unspecified atom stereocenters. The first kappa shape index (κ1) is 62.0. The topological polar surface area (TPSA) is 216 Å². The van der Waals surface area contributed by atoms with Crippen LogP contribution < -0.4 is 5.73 Å². The number of nitrogen functional groups attached to an aromatic ring is 1. The van der Waals surface area contributed by atoms with Crippen LogP contribution in [0, 0.1) is 32.1 Å². The van der Waals surface area contributed by atoms with Gasteiger partial charge in [-0.05, 0) is 90.5 Å². The molecule has 5 aromatic heterocycles. The number of nitrogens with two attached hydrogens (primary N) is 1. The lowest BCUT2D eigenvalue weighted by atomic mass is 10.1. The third-order valence-electron chi connectivity index (χ3n) is 11.2. The zero-order valence-corrected chi connectivity index (χ0v) is 48.2. The number of anilines is 1. The van der Waals surface area contributed by atoms with Crippen LogP contribution in [0.5, 0.6) is 0 Å². The maximum Gasteiger partial charge on any atom is 0.187 e. The Hall–Kier alpha value is -9.25. The van der Waals surface area contributed by atoms with Crippen molar-refractivity contribution in [3.8, 4) is 23.7 Å². The molecule has 4 aromatic carbocycles. The Morgan fingerprint density at radius 2 is 1.05 bits per heavy atom. The maximum absolute atomic E-state index is 12.2. The number of terminal acetylenes is 1. The molecule has 0 amide bonds. The van der Waals surface area contributed by atoms with Gasteiger partial charge >= 0.3 is 0 Å². The number of halogens is 3. The molecule has 0 saturated heterocycles. The van der Waals surface area contributed by atoms with Gasteiger partial charge in [-0.15, -0.1) is 56.6 Å². The van der Waals surface area contributed by atoms with Gasteiger partial charge in [0, 0.05) is 74.0 Å². The molecule has 0 fully saturated rings. The lowest BCUT2D eigenvalue weighted by molar-refractivity contribution is 0.0978. The number of nitrogens with zero attached hydrogens (tertiary/aromatic N) is 14. The molecule has 0 aliphatic carbocycles. The molecule has 1 aliphatic rings. The fourth-order valence-electron chi connectivity index (χ4n) is 6.99. The van der Waals surface area contributed by atoms with Gasteiger partial charge in [0.1, 0.15) is 5.84 Å². The fraction of sp³-hybridized carbons (Fsp3) is 0.155. The van der Waals surface area contributed by atoms with Crippen molar-refractivity contribution in [3.63, 3.8) is 0 Å². The van der Waals surface area contributed by atoms with Crippen molar-refractivity contribution in [2.75, 3.05) is 25.9 Å². The summed E-state index contributed by atoms with van der Waals surface area (Å²) in [5.74, 6) is 3.65. The fourth-order valence-corrected chi connectivity index (χ4v) is 10.0. The minimum atomic E-state index is 0.0536. The summed E-state index contributed by atoms with van der Waals surface area (Å²) in [7, 11) is 2.05. The second kappa shape index (κ2) is 32.1. The first-order chi connectivity index (χ1) is 39.7. The van der Waals surface area contributed by atoms with E-state index < -0.39 is 0 Å². The zero-order chi connectivity index (χ0) is 58.8. The quantitative estimate of drug-likeness (QED) is 0.0196. The molecule has 0 radical (unpaired) electrons. The Labute approximate surface area is 499 Å². The highest BCUT2D eigenvalue weighted by Crippen LogP contribution is 2.26. The molecule has 10 rings (SSSR count). The van der Waals surface area contributed by atoms with Crippen LogP contribution in [0.15, 0.2) is 156 Å². The highest BCUT2D eigenvalue weighted by molar-refractivity contribution is 7.18. The third-order valence-corrected chi connectivity index (χ3v) is 15.0. The van der Waals surface area contributed by atoms with Gasteiger partial charge in [0.25, 0.3) is 0 Å². The van der Waals surface area contributed by atoms with E-state index in [1.54, 1.807) is 113 Å². The van der Waals surface area contributed by atoms with Crippen LogP contribution in [0.1, 0.15) is 71.6 Å². The van der Waals surface area contributed by atoms with Crippen molar-refractivity contribution in [3.05, 3.63) is 235 Å². The molecule has 82 heavy (non-hydrogen) atoms. The second-order valence-electron chi connectivity index (χ2n) is 16.9. The van der Waals surface area contributed by atoms with Crippen LogP contribution in [0.3, 0.4) is 0 Å². The Morgan fingerprint density at radius 3 is 1.43 bits per heavy atom. The number of carbonyl (C=O) groups is 3. The van der Waals surface area contributed by atoms with Crippen LogP contribution in [-0.4, -0.2) is 78.2 Å². The van der Waals surface area contributed by atoms with Gasteiger partial charge in [0.2, 0.25) is 0 Å². The van der Waals surface area contributed by atoms with Crippen molar-refractivity contribution in [2.24, 2.45) is 10.1 Å². The molecule has 1 aliphatic heterocycles. The number of hydrogen-bond acceptors (Lipinski definition) is 14. The van der Waals surface area contributed by atoms with Crippen LogP contribution in [0.2, 0.25) is 13.0 Å². The minimum absolute atomic E-state index is 0.0536. The summed E-state index contributed by atoms with van der Waals surface area (Å²) < 4.78 is 5.24. The van der Waals surface area contributed by atoms with E-state index in [-0.39, 0.29) is 17.3 Å². The molecular weight excluding hydrogens is 1160 g/mol. The van der Waals surface area contributed by atoms with Gasteiger partial charge in [0.05, 0.1) is 89.1 Å². The Balaban J connectivity index is 0.000000176. The van der Waals surface area contributed by atoms with E-state index in [0.717, 1.165) is 47.3 Å². The van der Waals surface area contributed by atoms with E-state index >= 15 is 0 Å². The normalized spacial score (nSPS) is 10.8. The first-order valence-corrected chi connectivity index (χ1v) is 28.0. The molecule has 24 heteroatoms. The Morgan fingerprint density at radius 1 is 0.634 bits per heavy atom. The molecule has 0 saturated carbocycles. The number of carbonyl (C=O) groups excluding carboxylic acids is 3. The zero-order valence-electron chi connectivity index (χ0n) is 43.5. The largest absolute Gasteiger partial charge is 0.399 e. The lowest BCUT2D eigenvalue weighted by Crippen LogP contribution is -2.23. The van der Waals surface area contributed by atoms with E-state index in [1.807, 2.05) is 42.6 Å². The van der Waals surface area contributed by atoms with E-state index in [1.165, 1.54) is 34.0 Å². The number of thiophene rings is 3. The van der Waals surface area contributed by atoms with E-state index in [2.05, 4.69) is 68.0 Å². The van der Waals surface area contributed by atoms with Gasteiger partial charge in [-0.3, -0.25) is 19.4 Å². The number of azide groups is 1.